The lowest BCUT2D eigenvalue weighted by molar-refractivity contribution is 0.103. The average Bonchev–Trinajstić information content (AvgIpc) is 3.16. The number of anilines is 1. The molecule has 1 amide bonds. The third-order valence-electron chi connectivity index (χ3n) is 4.05. The Balaban J connectivity index is 1.63. The average molecular weight is 401 g/mol. The first-order valence-corrected chi connectivity index (χ1v) is 10.8. The van der Waals surface area contributed by atoms with Crippen molar-refractivity contribution in [1.29, 1.82) is 0 Å². The van der Waals surface area contributed by atoms with E-state index < -0.39 is 10.0 Å². The van der Waals surface area contributed by atoms with Gasteiger partial charge >= 0.3 is 0 Å². The van der Waals surface area contributed by atoms with Gasteiger partial charge in [0, 0.05) is 17.6 Å². The van der Waals surface area contributed by atoms with Crippen LogP contribution in [-0.2, 0) is 16.4 Å². The van der Waals surface area contributed by atoms with Crippen LogP contribution in [0.5, 0.6) is 0 Å². The van der Waals surface area contributed by atoms with Crippen LogP contribution < -0.4 is 10.0 Å². The van der Waals surface area contributed by atoms with Gasteiger partial charge < -0.3 is 5.32 Å². The molecule has 0 aliphatic rings. The summed E-state index contributed by atoms with van der Waals surface area (Å²) >= 11 is 1.11. The predicted molar refractivity (Wildman–Crippen MR) is 109 cm³/mol. The number of thiophene rings is 1. The highest BCUT2D eigenvalue weighted by molar-refractivity contribution is 7.89. The lowest BCUT2D eigenvalue weighted by Crippen LogP contribution is -2.25. The summed E-state index contributed by atoms with van der Waals surface area (Å²) in [5.74, 6) is -0.319. The molecule has 7 heteroatoms. The van der Waals surface area contributed by atoms with E-state index in [1.807, 2.05) is 61.5 Å². The molecule has 0 atom stereocenters. The van der Waals surface area contributed by atoms with E-state index in [1.54, 1.807) is 0 Å². The van der Waals surface area contributed by atoms with Crippen LogP contribution in [0.2, 0.25) is 0 Å². The molecule has 0 saturated carbocycles. The molecular weight excluding hydrogens is 380 g/mol. The number of sulfonamides is 1. The number of carbonyl (C=O) groups excluding carboxylic acids is 1. The van der Waals surface area contributed by atoms with Gasteiger partial charge in [-0.05, 0) is 36.6 Å². The zero-order chi connectivity index (χ0) is 19.3. The number of carbonyl (C=O) groups is 1. The second-order valence-electron chi connectivity index (χ2n) is 6.05. The number of para-hydroxylation sites is 1. The monoisotopic (exact) mass is 400 g/mol. The SMILES string of the molecule is Cc1ccccc1NC(=O)c1cc(S(=O)(=O)NCCc2ccccc2)cs1. The number of hydrogen-bond acceptors (Lipinski definition) is 4. The molecule has 0 aliphatic carbocycles. The van der Waals surface area contributed by atoms with Crippen molar-refractivity contribution in [3.05, 3.63) is 82.0 Å². The van der Waals surface area contributed by atoms with E-state index in [-0.39, 0.29) is 10.8 Å². The van der Waals surface area contributed by atoms with E-state index in [9.17, 15) is 13.2 Å². The van der Waals surface area contributed by atoms with Gasteiger partial charge in [0.2, 0.25) is 10.0 Å². The number of amides is 1. The number of hydrogen-bond donors (Lipinski definition) is 2. The smallest absolute Gasteiger partial charge is 0.265 e. The number of rotatable bonds is 7. The van der Waals surface area contributed by atoms with Gasteiger partial charge in [-0.3, -0.25) is 4.79 Å². The van der Waals surface area contributed by atoms with Crippen LogP contribution in [-0.4, -0.2) is 20.9 Å². The maximum Gasteiger partial charge on any atom is 0.265 e. The maximum absolute atomic E-state index is 12.4. The topological polar surface area (TPSA) is 75.3 Å². The fourth-order valence-corrected chi connectivity index (χ4v) is 4.73. The van der Waals surface area contributed by atoms with Crippen LogP contribution in [0, 0.1) is 6.92 Å². The van der Waals surface area contributed by atoms with E-state index in [1.165, 1.54) is 11.4 Å². The van der Waals surface area contributed by atoms with Crippen molar-refractivity contribution in [3.63, 3.8) is 0 Å². The fourth-order valence-electron chi connectivity index (χ4n) is 2.53. The Morgan fingerprint density at radius 2 is 1.74 bits per heavy atom. The first-order chi connectivity index (χ1) is 13.0. The Hall–Kier alpha value is -2.48. The highest BCUT2D eigenvalue weighted by Crippen LogP contribution is 2.21. The Morgan fingerprint density at radius 3 is 2.48 bits per heavy atom. The Bertz CT molecular complexity index is 1030. The molecule has 0 fully saturated rings. The minimum absolute atomic E-state index is 0.107. The highest BCUT2D eigenvalue weighted by Gasteiger charge is 2.18. The second kappa shape index (κ2) is 8.47. The molecule has 5 nitrogen and oxygen atoms in total. The van der Waals surface area contributed by atoms with Crippen molar-refractivity contribution in [3.8, 4) is 0 Å². The van der Waals surface area contributed by atoms with Gasteiger partial charge in [0.1, 0.15) is 0 Å². The van der Waals surface area contributed by atoms with E-state index in [0.29, 0.717) is 23.5 Å². The molecule has 140 valence electrons. The van der Waals surface area contributed by atoms with Crippen LogP contribution in [0.15, 0.2) is 70.9 Å². The minimum atomic E-state index is -3.64. The van der Waals surface area contributed by atoms with Crippen molar-refractivity contribution >= 4 is 33.0 Å². The third kappa shape index (κ3) is 5.03. The number of nitrogens with one attached hydrogen (secondary N) is 2. The van der Waals surface area contributed by atoms with Crippen molar-refractivity contribution in [2.45, 2.75) is 18.2 Å². The summed E-state index contributed by atoms with van der Waals surface area (Å²) in [6.07, 6.45) is 0.602. The molecule has 0 saturated heterocycles. The Morgan fingerprint density at radius 1 is 1.04 bits per heavy atom. The first kappa shape index (κ1) is 19.3. The van der Waals surface area contributed by atoms with Crippen LogP contribution >= 0.6 is 11.3 Å². The summed E-state index contributed by atoms with van der Waals surface area (Å²) in [6.45, 7) is 2.20. The molecule has 0 aliphatic heterocycles. The number of aryl methyl sites for hydroxylation is 1. The molecule has 2 aromatic carbocycles. The summed E-state index contributed by atoms with van der Waals surface area (Å²) < 4.78 is 27.5. The Labute approximate surface area is 163 Å². The summed E-state index contributed by atoms with van der Waals surface area (Å²) in [6, 6.07) is 18.5. The van der Waals surface area contributed by atoms with E-state index in [4.69, 9.17) is 0 Å². The molecule has 27 heavy (non-hydrogen) atoms. The summed E-state index contributed by atoms with van der Waals surface area (Å²) in [4.78, 5) is 12.8. The molecule has 1 aromatic heterocycles. The van der Waals surface area contributed by atoms with E-state index in [2.05, 4.69) is 10.0 Å². The lowest BCUT2D eigenvalue weighted by Gasteiger charge is -2.06. The second-order valence-corrected chi connectivity index (χ2v) is 8.73. The molecule has 3 aromatic rings. The Kier molecular flexibility index (Phi) is 6.05. The third-order valence-corrected chi connectivity index (χ3v) is 6.57. The van der Waals surface area contributed by atoms with E-state index >= 15 is 0 Å². The standard InChI is InChI=1S/C20H20N2O3S2/c1-15-7-5-6-10-18(15)22-20(23)19-13-17(14-26-19)27(24,25)21-12-11-16-8-3-2-4-9-16/h2-10,13-14,21H,11-12H2,1H3,(H,22,23). The molecule has 1 heterocycles. The van der Waals surface area contributed by atoms with Crippen LogP contribution in [0.25, 0.3) is 0 Å². The summed E-state index contributed by atoms with van der Waals surface area (Å²) in [5, 5.41) is 4.30. The zero-order valence-corrected chi connectivity index (χ0v) is 16.4. The van der Waals surface area contributed by atoms with E-state index in [0.717, 1.165) is 22.5 Å². The van der Waals surface area contributed by atoms with Crippen LogP contribution in [0.4, 0.5) is 5.69 Å². The molecule has 0 unspecified atom stereocenters. The summed E-state index contributed by atoms with van der Waals surface area (Å²) in [5.41, 5.74) is 2.71. The van der Waals surface area contributed by atoms with Crippen molar-refractivity contribution in [2.75, 3.05) is 11.9 Å². The molecule has 0 radical (unpaired) electrons. The molecule has 0 spiro atoms. The van der Waals surface area contributed by atoms with Crippen LogP contribution in [0.1, 0.15) is 20.8 Å². The van der Waals surface area contributed by atoms with Crippen LogP contribution in [0.3, 0.4) is 0 Å². The van der Waals surface area contributed by atoms with Gasteiger partial charge in [-0.15, -0.1) is 11.3 Å². The van der Waals surface area contributed by atoms with Crippen molar-refractivity contribution in [2.24, 2.45) is 0 Å². The van der Waals surface area contributed by atoms with Gasteiger partial charge in [0.25, 0.3) is 5.91 Å². The largest absolute Gasteiger partial charge is 0.321 e. The molecule has 2 N–H and O–H groups in total. The minimum Gasteiger partial charge on any atom is -0.321 e. The molecular formula is C20H20N2O3S2. The highest BCUT2D eigenvalue weighted by atomic mass is 32.2. The zero-order valence-electron chi connectivity index (χ0n) is 14.8. The van der Waals surface area contributed by atoms with Gasteiger partial charge in [0.15, 0.2) is 0 Å². The normalized spacial score (nSPS) is 11.3. The maximum atomic E-state index is 12.4. The van der Waals surface area contributed by atoms with Crippen molar-refractivity contribution < 1.29 is 13.2 Å². The first-order valence-electron chi connectivity index (χ1n) is 8.45. The number of benzene rings is 2. The fraction of sp³-hybridized carbons (Fsp3) is 0.150. The lowest BCUT2D eigenvalue weighted by atomic mass is 10.2. The predicted octanol–water partition coefficient (Wildman–Crippen LogP) is 3.83. The molecule has 3 rings (SSSR count). The van der Waals surface area contributed by atoms with Gasteiger partial charge in [-0.1, -0.05) is 48.5 Å². The van der Waals surface area contributed by atoms with Crippen molar-refractivity contribution in [1.82, 2.24) is 4.72 Å². The summed E-state index contributed by atoms with van der Waals surface area (Å²) in [7, 11) is -3.64. The van der Waals surface area contributed by atoms with Gasteiger partial charge in [0.05, 0.1) is 9.77 Å². The van der Waals surface area contributed by atoms with Gasteiger partial charge in [-0.2, -0.15) is 0 Å². The molecule has 0 bridgehead atoms. The van der Waals surface area contributed by atoms with Gasteiger partial charge in [-0.25, -0.2) is 13.1 Å². The quantitative estimate of drug-likeness (QED) is 0.633.